The molecule has 2 unspecified atom stereocenters. The van der Waals surface area contributed by atoms with E-state index in [2.05, 4.69) is 51.8 Å². The fourth-order valence-corrected chi connectivity index (χ4v) is 2.77. The highest BCUT2D eigenvalue weighted by Crippen LogP contribution is 2.26. The largest absolute Gasteiger partial charge is 0.314 e. The summed E-state index contributed by atoms with van der Waals surface area (Å²) in [5.74, 6) is 1.41. The van der Waals surface area contributed by atoms with E-state index in [-0.39, 0.29) is 0 Å². The van der Waals surface area contributed by atoms with Crippen molar-refractivity contribution in [2.24, 2.45) is 0 Å². The van der Waals surface area contributed by atoms with Crippen LogP contribution in [0.2, 0.25) is 0 Å². The molecule has 0 spiro atoms. The lowest BCUT2D eigenvalue weighted by Crippen LogP contribution is -2.39. The van der Waals surface area contributed by atoms with E-state index in [0.717, 1.165) is 31.6 Å². The molecule has 19 heavy (non-hydrogen) atoms. The minimum absolute atomic E-state index is 0.465. The molecule has 2 heterocycles. The highest BCUT2D eigenvalue weighted by Gasteiger charge is 2.24. The molecule has 2 atom stereocenters. The first kappa shape index (κ1) is 12.3. The summed E-state index contributed by atoms with van der Waals surface area (Å²) >= 11 is 0. The second-order valence-corrected chi connectivity index (χ2v) is 5.11. The quantitative estimate of drug-likeness (QED) is 0.911. The van der Waals surface area contributed by atoms with E-state index in [1.165, 1.54) is 5.56 Å². The summed E-state index contributed by atoms with van der Waals surface area (Å²) in [6.07, 6.45) is 7.97. The average Bonchev–Trinajstić information content (AvgIpc) is 2.49. The summed E-state index contributed by atoms with van der Waals surface area (Å²) in [4.78, 5) is 8.65. The smallest absolute Gasteiger partial charge is 0.132 e. The van der Waals surface area contributed by atoms with Crippen molar-refractivity contribution in [3.63, 3.8) is 0 Å². The minimum Gasteiger partial charge on any atom is -0.314 e. The monoisotopic (exact) mass is 252 g/mol. The first-order chi connectivity index (χ1) is 9.42. The third-order valence-electron chi connectivity index (χ3n) is 3.72. The van der Waals surface area contributed by atoms with Crippen LogP contribution in [0.3, 0.4) is 0 Å². The molecular weight excluding hydrogens is 234 g/mol. The van der Waals surface area contributed by atoms with Crippen LogP contribution in [0.5, 0.6) is 0 Å². The molecule has 1 N–H and O–H groups in total. The number of benzene rings is 1. The zero-order valence-corrected chi connectivity index (χ0v) is 10.9. The lowest BCUT2D eigenvalue weighted by Gasteiger charge is -2.29. The zero-order valence-electron chi connectivity index (χ0n) is 10.9. The summed E-state index contributed by atoms with van der Waals surface area (Å²) in [5.41, 5.74) is 1.39. The number of hydrogen-bond donors (Lipinski definition) is 1. The van der Waals surface area contributed by atoms with Crippen molar-refractivity contribution in [3.05, 3.63) is 60.2 Å². The second-order valence-electron chi connectivity index (χ2n) is 5.11. The van der Waals surface area contributed by atoms with E-state index in [0.29, 0.717) is 12.0 Å². The number of aromatic nitrogens is 2. The van der Waals surface area contributed by atoms with Gasteiger partial charge in [0, 0.05) is 18.2 Å². The molecule has 0 aliphatic carbocycles. The summed E-state index contributed by atoms with van der Waals surface area (Å²) in [6, 6.07) is 12.9. The normalized spacial score (nSPS) is 23.2. The van der Waals surface area contributed by atoms with E-state index in [1.54, 1.807) is 12.3 Å². The van der Waals surface area contributed by atoms with Crippen molar-refractivity contribution < 1.29 is 0 Å². The van der Waals surface area contributed by atoms with Gasteiger partial charge >= 0.3 is 0 Å². The number of hydrogen-bond acceptors (Lipinski definition) is 3. The standard InChI is InChI=1S/C16H18N3/c1-2-5-13(6-3-1)11-15-12-14(7-10-17-15)16-18-8-4-9-19-16/h1-6,8,14-15,17H,7,10-12H2. The Kier molecular flexibility index (Phi) is 3.84. The van der Waals surface area contributed by atoms with Gasteiger partial charge in [0.1, 0.15) is 5.82 Å². The Balaban J connectivity index is 1.65. The van der Waals surface area contributed by atoms with Crippen LogP contribution >= 0.6 is 0 Å². The SMILES string of the molecule is [c]1ccnc(C2CCNC(Cc3ccccc3)C2)n1. The molecule has 1 aromatic heterocycles. The van der Waals surface area contributed by atoms with Gasteiger partial charge < -0.3 is 5.32 Å². The summed E-state index contributed by atoms with van der Waals surface area (Å²) in [5, 5.41) is 3.60. The number of nitrogens with zero attached hydrogens (tertiary/aromatic N) is 2. The zero-order chi connectivity index (χ0) is 12.9. The Labute approximate surface area is 114 Å². The van der Waals surface area contributed by atoms with Crippen LogP contribution in [0.1, 0.15) is 30.1 Å². The predicted octanol–water partition coefficient (Wildman–Crippen LogP) is 2.36. The first-order valence-electron chi connectivity index (χ1n) is 6.88. The van der Waals surface area contributed by atoms with Crippen LogP contribution in [0.25, 0.3) is 0 Å². The molecule has 3 rings (SSSR count). The van der Waals surface area contributed by atoms with Crippen molar-refractivity contribution in [2.75, 3.05) is 6.54 Å². The minimum atomic E-state index is 0.465. The van der Waals surface area contributed by atoms with Gasteiger partial charge in [0.25, 0.3) is 0 Å². The fraction of sp³-hybridized carbons (Fsp3) is 0.375. The molecule has 97 valence electrons. The van der Waals surface area contributed by atoms with Gasteiger partial charge in [-0.3, -0.25) is 0 Å². The number of rotatable bonds is 3. The molecule has 3 nitrogen and oxygen atoms in total. The maximum atomic E-state index is 4.37. The van der Waals surface area contributed by atoms with Crippen molar-refractivity contribution in [1.29, 1.82) is 0 Å². The van der Waals surface area contributed by atoms with Crippen molar-refractivity contribution in [1.82, 2.24) is 15.3 Å². The van der Waals surface area contributed by atoms with Crippen LogP contribution in [0.15, 0.2) is 42.6 Å². The number of piperidine rings is 1. The molecule has 1 radical (unpaired) electrons. The Bertz CT molecular complexity index is 498. The molecule has 0 bridgehead atoms. The number of nitrogens with one attached hydrogen (secondary N) is 1. The van der Waals surface area contributed by atoms with Gasteiger partial charge in [-0.2, -0.15) is 0 Å². The van der Waals surface area contributed by atoms with E-state index in [4.69, 9.17) is 0 Å². The highest BCUT2D eigenvalue weighted by atomic mass is 14.9. The Morgan fingerprint density at radius 1 is 1.26 bits per heavy atom. The van der Waals surface area contributed by atoms with Crippen molar-refractivity contribution >= 4 is 0 Å². The van der Waals surface area contributed by atoms with Crippen LogP contribution in [0.4, 0.5) is 0 Å². The second kappa shape index (κ2) is 5.93. The van der Waals surface area contributed by atoms with Gasteiger partial charge in [-0.15, -0.1) is 0 Å². The van der Waals surface area contributed by atoms with Crippen LogP contribution in [-0.4, -0.2) is 22.6 Å². The van der Waals surface area contributed by atoms with Gasteiger partial charge in [0.15, 0.2) is 0 Å². The van der Waals surface area contributed by atoms with Gasteiger partial charge in [0.2, 0.25) is 0 Å². The Morgan fingerprint density at radius 3 is 2.95 bits per heavy atom. The fourth-order valence-electron chi connectivity index (χ4n) is 2.77. The Hall–Kier alpha value is -1.74. The topological polar surface area (TPSA) is 37.8 Å². The van der Waals surface area contributed by atoms with E-state index >= 15 is 0 Å². The summed E-state index contributed by atoms with van der Waals surface area (Å²) in [7, 11) is 0. The predicted molar refractivity (Wildman–Crippen MR) is 74.8 cm³/mol. The summed E-state index contributed by atoms with van der Waals surface area (Å²) in [6.45, 7) is 1.04. The van der Waals surface area contributed by atoms with Gasteiger partial charge in [-0.25, -0.2) is 9.97 Å². The van der Waals surface area contributed by atoms with Gasteiger partial charge in [-0.1, -0.05) is 30.3 Å². The molecule has 0 amide bonds. The molecular formula is C16H18N3. The first-order valence-corrected chi connectivity index (χ1v) is 6.88. The van der Waals surface area contributed by atoms with Crippen molar-refractivity contribution in [3.8, 4) is 0 Å². The van der Waals surface area contributed by atoms with E-state index in [9.17, 15) is 0 Å². The maximum Gasteiger partial charge on any atom is 0.132 e. The molecule has 0 saturated carbocycles. The molecule has 1 aromatic carbocycles. The molecule has 3 heteroatoms. The van der Waals surface area contributed by atoms with Gasteiger partial charge in [-0.05, 0) is 37.4 Å². The van der Waals surface area contributed by atoms with E-state index < -0.39 is 0 Å². The lowest BCUT2D eigenvalue weighted by atomic mass is 9.88. The molecule has 1 saturated heterocycles. The third-order valence-corrected chi connectivity index (χ3v) is 3.72. The molecule has 1 aliphatic heterocycles. The van der Waals surface area contributed by atoms with E-state index in [1.807, 2.05) is 0 Å². The van der Waals surface area contributed by atoms with Crippen LogP contribution < -0.4 is 5.32 Å². The van der Waals surface area contributed by atoms with Gasteiger partial charge in [0.05, 0.1) is 6.20 Å². The maximum absolute atomic E-state index is 4.37. The summed E-state index contributed by atoms with van der Waals surface area (Å²) < 4.78 is 0. The Morgan fingerprint density at radius 2 is 2.16 bits per heavy atom. The molecule has 2 aromatic rings. The lowest BCUT2D eigenvalue weighted by molar-refractivity contribution is 0.351. The van der Waals surface area contributed by atoms with Crippen molar-refractivity contribution in [2.45, 2.75) is 31.2 Å². The third kappa shape index (κ3) is 3.18. The average molecular weight is 252 g/mol. The highest BCUT2D eigenvalue weighted by molar-refractivity contribution is 5.16. The molecule has 1 fully saturated rings. The molecule has 1 aliphatic rings. The van der Waals surface area contributed by atoms with Crippen LogP contribution in [-0.2, 0) is 6.42 Å². The van der Waals surface area contributed by atoms with Crippen LogP contribution in [0, 0.1) is 6.20 Å².